The average molecular weight is 686 g/mol. The Labute approximate surface area is 269 Å². The van der Waals surface area contributed by atoms with Gasteiger partial charge in [0.25, 0.3) is 11.8 Å². The second kappa shape index (κ2) is 15.2. The van der Waals surface area contributed by atoms with Crippen molar-refractivity contribution in [3.63, 3.8) is 0 Å². The Kier molecular flexibility index (Phi) is 11.4. The van der Waals surface area contributed by atoms with Crippen LogP contribution in [0, 0.1) is 0 Å². The first-order valence-electron chi connectivity index (χ1n) is 13.5. The highest BCUT2D eigenvalue weighted by Gasteiger charge is 2.32. The van der Waals surface area contributed by atoms with Crippen molar-refractivity contribution in [2.24, 2.45) is 0 Å². The summed E-state index contributed by atoms with van der Waals surface area (Å²) < 4.78 is 11.5. The van der Waals surface area contributed by atoms with Gasteiger partial charge in [0.05, 0.1) is 37.5 Å². The lowest BCUT2D eigenvalue weighted by Crippen LogP contribution is -2.43. The standard InChI is InChI=1S/C17H17ClN2O2.C9H8ClNO.C6H6BrNO/c1-11(2)22-14-8-13(9-19-10-14)20-16(18)7-12-5-3-4-6-15(12)17(20)21;10-7-1-2-8-6(5-7)3-4-11-9(8)12;1-9-6-2-5(7)3-8-4-6/h3-6,8-11,16H,7H2,1-2H3;1-2,5H,3-4H2,(H,11,12);2-4H,1H3. The summed E-state index contributed by atoms with van der Waals surface area (Å²) in [4.78, 5) is 33.6. The number of rotatable bonds is 4. The van der Waals surface area contributed by atoms with Crippen LogP contribution in [0.2, 0.25) is 5.02 Å². The summed E-state index contributed by atoms with van der Waals surface area (Å²) in [5.74, 6) is 1.30. The van der Waals surface area contributed by atoms with E-state index in [1.165, 1.54) is 0 Å². The molecule has 8 nitrogen and oxygen atoms in total. The Balaban J connectivity index is 0.000000168. The Morgan fingerprint density at radius 3 is 2.42 bits per heavy atom. The van der Waals surface area contributed by atoms with Crippen LogP contribution in [0.15, 0.2) is 83.9 Å². The number of carbonyl (C=O) groups excluding carboxylic acids is 2. The van der Waals surface area contributed by atoms with Gasteiger partial charge in [-0.2, -0.15) is 0 Å². The number of aromatic nitrogens is 2. The topological polar surface area (TPSA) is 93.7 Å². The van der Waals surface area contributed by atoms with Crippen LogP contribution in [0.5, 0.6) is 11.5 Å². The van der Waals surface area contributed by atoms with E-state index in [4.69, 9.17) is 32.7 Å². The molecular formula is C32H31BrCl2N4O4. The molecule has 0 bridgehead atoms. The van der Waals surface area contributed by atoms with Crippen LogP contribution in [0.3, 0.4) is 0 Å². The van der Waals surface area contributed by atoms with E-state index in [0.717, 1.165) is 33.3 Å². The highest BCUT2D eigenvalue weighted by atomic mass is 79.9. The Hall–Kier alpha value is -3.66. The van der Waals surface area contributed by atoms with Crippen LogP contribution in [0.1, 0.15) is 45.7 Å². The molecule has 0 fully saturated rings. The van der Waals surface area contributed by atoms with Crippen LogP contribution in [-0.4, -0.2) is 47.0 Å². The van der Waals surface area contributed by atoms with Crippen LogP contribution in [-0.2, 0) is 12.8 Å². The number of methoxy groups -OCH3 is 1. The third-order valence-corrected chi connectivity index (χ3v) is 7.41. The molecule has 2 aliphatic heterocycles. The molecule has 0 aliphatic carbocycles. The maximum Gasteiger partial charge on any atom is 0.259 e. The van der Waals surface area contributed by atoms with Crippen LogP contribution >= 0.6 is 39.1 Å². The van der Waals surface area contributed by atoms with Gasteiger partial charge in [0, 0.05) is 45.9 Å². The highest BCUT2D eigenvalue weighted by molar-refractivity contribution is 9.10. The van der Waals surface area contributed by atoms with Gasteiger partial charge in [-0.15, -0.1) is 0 Å². The number of nitrogens with zero attached hydrogens (tertiary/aromatic N) is 3. The highest BCUT2D eigenvalue weighted by Crippen LogP contribution is 2.31. The number of pyridine rings is 2. The molecule has 1 unspecified atom stereocenters. The van der Waals surface area contributed by atoms with E-state index in [9.17, 15) is 9.59 Å². The van der Waals surface area contributed by atoms with Crippen LogP contribution in [0.4, 0.5) is 5.69 Å². The van der Waals surface area contributed by atoms with Gasteiger partial charge in [0.2, 0.25) is 0 Å². The van der Waals surface area contributed by atoms with Gasteiger partial charge in [-0.25, -0.2) is 0 Å². The molecule has 0 radical (unpaired) electrons. The van der Waals surface area contributed by atoms with Gasteiger partial charge >= 0.3 is 0 Å². The maximum atomic E-state index is 12.7. The minimum atomic E-state index is -0.432. The number of benzene rings is 2. The van der Waals surface area contributed by atoms with Crippen molar-refractivity contribution in [3.8, 4) is 11.5 Å². The van der Waals surface area contributed by atoms with Crippen molar-refractivity contribution in [1.82, 2.24) is 15.3 Å². The monoisotopic (exact) mass is 684 g/mol. The number of alkyl halides is 1. The van der Waals surface area contributed by atoms with Crippen molar-refractivity contribution in [3.05, 3.63) is 111 Å². The largest absolute Gasteiger partial charge is 0.495 e. The van der Waals surface area contributed by atoms with E-state index < -0.39 is 5.50 Å². The summed E-state index contributed by atoms with van der Waals surface area (Å²) in [5, 5.41) is 3.47. The summed E-state index contributed by atoms with van der Waals surface area (Å²) in [7, 11) is 1.61. The minimum absolute atomic E-state index is 0.00733. The molecule has 0 saturated carbocycles. The predicted octanol–water partition coefficient (Wildman–Crippen LogP) is 7.12. The van der Waals surface area contributed by atoms with Gasteiger partial charge in [0.1, 0.15) is 17.0 Å². The lowest BCUT2D eigenvalue weighted by Gasteiger charge is -2.33. The smallest absolute Gasteiger partial charge is 0.259 e. The zero-order chi connectivity index (χ0) is 30.9. The van der Waals surface area contributed by atoms with E-state index in [2.05, 4.69) is 31.2 Å². The Morgan fingerprint density at radius 2 is 1.70 bits per heavy atom. The lowest BCUT2D eigenvalue weighted by atomic mass is 9.98. The van der Waals surface area contributed by atoms with Crippen molar-refractivity contribution < 1.29 is 19.1 Å². The Morgan fingerprint density at radius 1 is 0.953 bits per heavy atom. The van der Waals surface area contributed by atoms with Crippen LogP contribution < -0.4 is 19.7 Å². The molecule has 2 aromatic heterocycles. The zero-order valence-electron chi connectivity index (χ0n) is 23.9. The fourth-order valence-corrected chi connectivity index (χ4v) is 5.40. The van der Waals surface area contributed by atoms with Crippen molar-refractivity contribution in [2.45, 2.75) is 38.3 Å². The molecule has 2 aliphatic rings. The zero-order valence-corrected chi connectivity index (χ0v) is 27.0. The van der Waals surface area contributed by atoms with Gasteiger partial charge < -0.3 is 14.8 Å². The fraction of sp³-hybridized carbons (Fsp3) is 0.250. The third kappa shape index (κ3) is 8.69. The van der Waals surface area contributed by atoms with Gasteiger partial charge in [0.15, 0.2) is 0 Å². The molecule has 1 N–H and O–H groups in total. The second-order valence-corrected chi connectivity index (χ2v) is 11.7. The maximum absolute atomic E-state index is 12.7. The molecule has 4 aromatic rings. The Bertz CT molecular complexity index is 1590. The quantitative estimate of drug-likeness (QED) is 0.182. The predicted molar refractivity (Wildman–Crippen MR) is 173 cm³/mol. The summed E-state index contributed by atoms with van der Waals surface area (Å²) in [6.45, 7) is 4.60. The number of halogens is 3. The molecule has 2 amide bonds. The number of hydrogen-bond donors (Lipinski definition) is 1. The normalized spacial score (nSPS) is 15.1. The van der Waals surface area contributed by atoms with Crippen LogP contribution in [0.25, 0.3) is 0 Å². The SMILES string of the molecule is CC(C)Oc1cncc(N2C(=O)c3ccccc3CC2Cl)c1.COc1cncc(Br)c1.O=C1NCCc2cc(Cl)ccc21. The summed E-state index contributed by atoms with van der Waals surface area (Å²) in [6, 6.07) is 16.6. The van der Waals surface area contributed by atoms with E-state index in [0.29, 0.717) is 35.0 Å². The second-order valence-electron chi connectivity index (χ2n) is 9.87. The van der Waals surface area contributed by atoms with Crippen molar-refractivity contribution in [2.75, 3.05) is 18.6 Å². The molecular weight excluding hydrogens is 655 g/mol. The fourth-order valence-electron chi connectivity index (χ4n) is 4.49. The molecule has 11 heteroatoms. The van der Waals surface area contributed by atoms with E-state index in [1.807, 2.05) is 50.2 Å². The van der Waals surface area contributed by atoms with Gasteiger partial charge in [-0.3, -0.25) is 24.5 Å². The van der Waals surface area contributed by atoms with E-state index in [1.54, 1.807) is 55.0 Å². The number of hydrogen-bond acceptors (Lipinski definition) is 6. The van der Waals surface area contributed by atoms with E-state index in [-0.39, 0.29) is 17.9 Å². The van der Waals surface area contributed by atoms with E-state index >= 15 is 0 Å². The van der Waals surface area contributed by atoms with Crippen molar-refractivity contribution >= 4 is 56.6 Å². The number of carbonyl (C=O) groups is 2. The molecule has 0 saturated heterocycles. The molecule has 6 rings (SSSR count). The number of anilines is 1. The lowest BCUT2D eigenvalue weighted by molar-refractivity contribution is 0.0944. The van der Waals surface area contributed by atoms with Gasteiger partial charge in [-0.05, 0) is 77.7 Å². The first-order chi connectivity index (χ1) is 20.7. The first-order valence-corrected chi connectivity index (χ1v) is 15.2. The number of nitrogens with one attached hydrogen (secondary N) is 1. The summed E-state index contributed by atoms with van der Waals surface area (Å²) in [5.41, 5.74) is 3.69. The molecule has 0 spiro atoms. The molecule has 224 valence electrons. The average Bonchev–Trinajstić information content (AvgIpc) is 2.98. The minimum Gasteiger partial charge on any atom is -0.495 e. The molecule has 43 heavy (non-hydrogen) atoms. The van der Waals surface area contributed by atoms with Crippen molar-refractivity contribution in [1.29, 1.82) is 0 Å². The molecule has 2 aromatic carbocycles. The summed E-state index contributed by atoms with van der Waals surface area (Å²) >= 11 is 15.5. The first kappa shape index (κ1) is 32.3. The molecule has 1 atom stereocenters. The number of ether oxygens (including phenoxy) is 2. The number of fused-ring (bicyclic) bond motifs is 2. The van der Waals surface area contributed by atoms with Gasteiger partial charge in [-0.1, -0.05) is 41.4 Å². The molecule has 4 heterocycles. The third-order valence-electron chi connectivity index (χ3n) is 6.39. The summed E-state index contributed by atoms with van der Waals surface area (Å²) in [6.07, 6.45) is 8.17. The number of amides is 2.